The second-order valence-electron chi connectivity index (χ2n) is 5.20. The third kappa shape index (κ3) is 1.89. The first-order chi connectivity index (χ1) is 7.83. The summed E-state index contributed by atoms with van der Waals surface area (Å²) in [6.07, 6.45) is 6.41. The van der Waals surface area contributed by atoms with Crippen molar-refractivity contribution < 1.29 is 4.42 Å². The topological polar surface area (TPSA) is 19.6 Å². The molecule has 1 aromatic rings. The molecule has 3 heterocycles. The zero-order chi connectivity index (χ0) is 11.0. The second-order valence-corrected chi connectivity index (χ2v) is 5.20. The van der Waals surface area contributed by atoms with E-state index in [0.29, 0.717) is 6.04 Å². The molecular formula is C13H20N2O. The van der Waals surface area contributed by atoms with E-state index in [-0.39, 0.29) is 0 Å². The average molecular weight is 220 g/mol. The third-order valence-electron chi connectivity index (χ3n) is 4.03. The van der Waals surface area contributed by atoms with E-state index in [0.717, 1.165) is 12.6 Å². The maximum Gasteiger partial charge on any atom is 0.0947 e. The molecule has 2 atom stereocenters. The molecule has 1 aromatic heterocycles. The Hall–Kier alpha value is -0.800. The van der Waals surface area contributed by atoms with E-state index in [1.165, 1.54) is 38.0 Å². The predicted molar refractivity (Wildman–Crippen MR) is 63.2 cm³/mol. The van der Waals surface area contributed by atoms with Gasteiger partial charge in [0.2, 0.25) is 0 Å². The van der Waals surface area contributed by atoms with E-state index < -0.39 is 0 Å². The van der Waals surface area contributed by atoms with Crippen molar-refractivity contribution in [2.45, 2.75) is 38.4 Å². The Morgan fingerprint density at radius 3 is 3.19 bits per heavy atom. The lowest BCUT2D eigenvalue weighted by Crippen LogP contribution is -2.54. The highest BCUT2D eigenvalue weighted by Gasteiger charge is 2.34. The van der Waals surface area contributed by atoms with Crippen LogP contribution in [-0.4, -0.2) is 41.5 Å². The summed E-state index contributed by atoms with van der Waals surface area (Å²) in [5.41, 5.74) is 1.30. The SMILES string of the molecule is C[C@@H]1CN2CCCC2CN1Cc1ccoc1. The molecule has 0 aliphatic carbocycles. The first-order valence-electron chi connectivity index (χ1n) is 6.32. The molecule has 0 radical (unpaired) electrons. The number of fused-ring (bicyclic) bond motifs is 1. The van der Waals surface area contributed by atoms with Gasteiger partial charge in [0.05, 0.1) is 12.5 Å². The van der Waals surface area contributed by atoms with Crippen LogP contribution in [0.1, 0.15) is 25.3 Å². The van der Waals surface area contributed by atoms with Crippen molar-refractivity contribution in [2.75, 3.05) is 19.6 Å². The van der Waals surface area contributed by atoms with Gasteiger partial charge in [-0.15, -0.1) is 0 Å². The van der Waals surface area contributed by atoms with Crippen LogP contribution in [0.25, 0.3) is 0 Å². The van der Waals surface area contributed by atoms with Crippen molar-refractivity contribution in [1.29, 1.82) is 0 Å². The van der Waals surface area contributed by atoms with Crippen molar-refractivity contribution >= 4 is 0 Å². The van der Waals surface area contributed by atoms with Crippen molar-refractivity contribution in [2.24, 2.45) is 0 Å². The Balaban J connectivity index is 1.66. The van der Waals surface area contributed by atoms with E-state index in [2.05, 4.69) is 22.8 Å². The molecule has 16 heavy (non-hydrogen) atoms. The fraction of sp³-hybridized carbons (Fsp3) is 0.692. The van der Waals surface area contributed by atoms with Gasteiger partial charge in [0, 0.05) is 37.3 Å². The molecular weight excluding hydrogens is 200 g/mol. The van der Waals surface area contributed by atoms with Gasteiger partial charge in [-0.25, -0.2) is 0 Å². The monoisotopic (exact) mass is 220 g/mol. The van der Waals surface area contributed by atoms with Crippen LogP contribution in [0.5, 0.6) is 0 Å². The Kier molecular flexibility index (Phi) is 2.74. The molecule has 3 rings (SSSR count). The molecule has 0 amide bonds. The summed E-state index contributed by atoms with van der Waals surface area (Å²) in [4.78, 5) is 5.26. The van der Waals surface area contributed by atoms with Gasteiger partial charge in [0.25, 0.3) is 0 Å². The van der Waals surface area contributed by atoms with Gasteiger partial charge in [-0.2, -0.15) is 0 Å². The standard InChI is InChI=1S/C13H20N2O/c1-11-7-14-5-2-3-13(14)9-15(11)8-12-4-6-16-10-12/h4,6,10-11,13H,2-3,5,7-9H2,1H3/t11-,13?/m1/s1. The first-order valence-corrected chi connectivity index (χ1v) is 6.32. The fourth-order valence-electron chi connectivity index (χ4n) is 3.09. The molecule has 0 aromatic carbocycles. The van der Waals surface area contributed by atoms with Gasteiger partial charge in [0.15, 0.2) is 0 Å². The number of piperazine rings is 1. The molecule has 0 N–H and O–H groups in total. The molecule has 3 heteroatoms. The van der Waals surface area contributed by atoms with E-state index in [4.69, 9.17) is 4.42 Å². The summed E-state index contributed by atoms with van der Waals surface area (Å²) in [5.74, 6) is 0. The lowest BCUT2D eigenvalue weighted by molar-refractivity contribution is 0.0539. The molecule has 0 bridgehead atoms. The lowest BCUT2D eigenvalue weighted by atomic mass is 10.1. The quantitative estimate of drug-likeness (QED) is 0.759. The van der Waals surface area contributed by atoms with Crippen LogP contribution in [-0.2, 0) is 6.54 Å². The third-order valence-corrected chi connectivity index (χ3v) is 4.03. The largest absolute Gasteiger partial charge is 0.472 e. The molecule has 2 aliphatic heterocycles. The molecule has 88 valence electrons. The number of hydrogen-bond acceptors (Lipinski definition) is 3. The van der Waals surface area contributed by atoms with E-state index in [1.54, 1.807) is 6.26 Å². The molecule has 2 saturated heterocycles. The van der Waals surface area contributed by atoms with Gasteiger partial charge in [-0.3, -0.25) is 9.80 Å². The van der Waals surface area contributed by atoms with Crippen LogP contribution in [0, 0.1) is 0 Å². The van der Waals surface area contributed by atoms with Crippen molar-refractivity contribution in [3.8, 4) is 0 Å². The summed E-state index contributed by atoms with van der Waals surface area (Å²) in [5, 5.41) is 0. The van der Waals surface area contributed by atoms with Crippen LogP contribution in [0.2, 0.25) is 0 Å². The maximum absolute atomic E-state index is 5.14. The molecule has 0 saturated carbocycles. The van der Waals surface area contributed by atoms with Gasteiger partial charge in [0.1, 0.15) is 0 Å². The Morgan fingerprint density at radius 1 is 1.44 bits per heavy atom. The van der Waals surface area contributed by atoms with Gasteiger partial charge in [-0.1, -0.05) is 0 Å². The molecule has 0 spiro atoms. The Bertz CT molecular complexity index is 336. The number of nitrogens with zero attached hydrogens (tertiary/aromatic N) is 2. The minimum absolute atomic E-state index is 0.671. The second kappa shape index (κ2) is 4.22. The number of rotatable bonds is 2. The van der Waals surface area contributed by atoms with Crippen molar-refractivity contribution in [3.63, 3.8) is 0 Å². The van der Waals surface area contributed by atoms with Crippen LogP contribution in [0.4, 0.5) is 0 Å². The lowest BCUT2D eigenvalue weighted by Gasteiger charge is -2.42. The Morgan fingerprint density at radius 2 is 2.38 bits per heavy atom. The summed E-state index contributed by atoms with van der Waals surface area (Å²) in [7, 11) is 0. The molecule has 3 nitrogen and oxygen atoms in total. The zero-order valence-electron chi connectivity index (χ0n) is 9.93. The van der Waals surface area contributed by atoms with Gasteiger partial charge in [-0.05, 0) is 32.4 Å². The summed E-state index contributed by atoms with van der Waals surface area (Å²) in [6.45, 7) is 7.17. The summed E-state index contributed by atoms with van der Waals surface area (Å²) < 4.78 is 5.14. The van der Waals surface area contributed by atoms with E-state index in [1.807, 2.05) is 6.26 Å². The highest BCUT2D eigenvalue weighted by atomic mass is 16.3. The highest BCUT2D eigenvalue weighted by Crippen LogP contribution is 2.25. The van der Waals surface area contributed by atoms with Crippen LogP contribution >= 0.6 is 0 Å². The Labute approximate surface area is 97.0 Å². The van der Waals surface area contributed by atoms with Crippen molar-refractivity contribution in [1.82, 2.24) is 9.80 Å². The smallest absolute Gasteiger partial charge is 0.0947 e. The van der Waals surface area contributed by atoms with Crippen molar-refractivity contribution in [3.05, 3.63) is 24.2 Å². The fourth-order valence-corrected chi connectivity index (χ4v) is 3.09. The summed E-state index contributed by atoms with van der Waals surface area (Å²) >= 11 is 0. The maximum atomic E-state index is 5.14. The molecule has 2 aliphatic rings. The minimum atomic E-state index is 0.671. The zero-order valence-corrected chi connectivity index (χ0v) is 9.93. The van der Waals surface area contributed by atoms with Gasteiger partial charge >= 0.3 is 0 Å². The van der Waals surface area contributed by atoms with E-state index >= 15 is 0 Å². The minimum Gasteiger partial charge on any atom is -0.472 e. The van der Waals surface area contributed by atoms with Crippen LogP contribution < -0.4 is 0 Å². The number of furan rings is 1. The van der Waals surface area contributed by atoms with Gasteiger partial charge < -0.3 is 4.42 Å². The highest BCUT2D eigenvalue weighted by molar-refractivity contribution is 5.06. The molecule has 1 unspecified atom stereocenters. The first kappa shape index (κ1) is 10.4. The summed E-state index contributed by atoms with van der Waals surface area (Å²) in [6, 6.07) is 3.56. The van der Waals surface area contributed by atoms with Crippen LogP contribution in [0.3, 0.4) is 0 Å². The predicted octanol–water partition coefficient (Wildman–Crippen LogP) is 1.95. The van der Waals surface area contributed by atoms with Crippen LogP contribution in [0.15, 0.2) is 23.0 Å². The average Bonchev–Trinajstić information content (AvgIpc) is 2.89. The number of hydrogen-bond donors (Lipinski definition) is 0. The normalized spacial score (nSPS) is 31.8. The van der Waals surface area contributed by atoms with E-state index in [9.17, 15) is 0 Å². The molecule has 2 fully saturated rings.